The number of esters is 1. The number of ether oxygens (including phenoxy) is 2. The molecule has 24 heavy (non-hydrogen) atoms. The molecular formula is C16H12BrF2NO4. The number of hydrogen-bond donors (Lipinski definition) is 1. The first-order valence-corrected chi connectivity index (χ1v) is 7.39. The molecule has 0 aliphatic rings. The lowest BCUT2D eigenvalue weighted by molar-refractivity contribution is 0.0595. The van der Waals surface area contributed by atoms with Crippen molar-refractivity contribution in [1.82, 2.24) is 0 Å². The van der Waals surface area contributed by atoms with Gasteiger partial charge in [0.2, 0.25) is 0 Å². The van der Waals surface area contributed by atoms with Crippen LogP contribution >= 0.6 is 15.9 Å². The van der Waals surface area contributed by atoms with Crippen molar-refractivity contribution in [2.24, 2.45) is 0 Å². The number of carbonyl (C=O) groups is 2. The first kappa shape index (κ1) is 17.9. The van der Waals surface area contributed by atoms with Gasteiger partial charge in [0.15, 0.2) is 0 Å². The van der Waals surface area contributed by atoms with Crippen LogP contribution in [0.2, 0.25) is 0 Å². The van der Waals surface area contributed by atoms with Gasteiger partial charge in [-0.2, -0.15) is 0 Å². The Bertz CT molecular complexity index is 811. The van der Waals surface area contributed by atoms with Crippen LogP contribution in [0.25, 0.3) is 0 Å². The van der Waals surface area contributed by atoms with Crippen molar-refractivity contribution in [3.8, 4) is 5.75 Å². The van der Waals surface area contributed by atoms with E-state index in [4.69, 9.17) is 4.74 Å². The lowest BCUT2D eigenvalue weighted by Gasteiger charge is -2.11. The summed E-state index contributed by atoms with van der Waals surface area (Å²) in [5, 5.41) is 2.29. The van der Waals surface area contributed by atoms with Crippen molar-refractivity contribution in [2.75, 3.05) is 19.5 Å². The summed E-state index contributed by atoms with van der Waals surface area (Å²) in [7, 11) is 2.50. The maximum atomic E-state index is 13.9. The SMILES string of the molecule is COC(=O)c1cc(NC(=O)c2cc(OC)ccc2Br)c(F)cc1F. The monoisotopic (exact) mass is 399 g/mol. The van der Waals surface area contributed by atoms with E-state index < -0.39 is 29.1 Å². The van der Waals surface area contributed by atoms with E-state index in [2.05, 4.69) is 26.0 Å². The average Bonchev–Trinajstić information content (AvgIpc) is 2.56. The number of halogens is 3. The van der Waals surface area contributed by atoms with E-state index in [1.807, 2.05) is 0 Å². The van der Waals surface area contributed by atoms with Crippen molar-refractivity contribution >= 4 is 33.5 Å². The van der Waals surface area contributed by atoms with Gasteiger partial charge in [0.1, 0.15) is 17.4 Å². The molecule has 0 aliphatic carbocycles. The molecule has 2 rings (SSSR count). The number of rotatable bonds is 4. The van der Waals surface area contributed by atoms with Crippen LogP contribution in [0.4, 0.5) is 14.5 Å². The van der Waals surface area contributed by atoms with Crippen LogP contribution in [-0.2, 0) is 4.74 Å². The summed E-state index contributed by atoms with van der Waals surface area (Å²) in [6.45, 7) is 0. The molecule has 0 bridgehead atoms. The zero-order valence-corrected chi connectivity index (χ0v) is 14.2. The molecule has 2 aromatic rings. The topological polar surface area (TPSA) is 64.6 Å². The molecule has 0 aliphatic heterocycles. The number of anilines is 1. The summed E-state index contributed by atoms with van der Waals surface area (Å²) >= 11 is 3.21. The molecule has 1 amide bonds. The van der Waals surface area contributed by atoms with Gasteiger partial charge in [0.05, 0.1) is 31.0 Å². The van der Waals surface area contributed by atoms with Gasteiger partial charge in [-0.05, 0) is 40.2 Å². The molecule has 0 saturated heterocycles. The largest absolute Gasteiger partial charge is 0.497 e. The van der Waals surface area contributed by atoms with Crippen LogP contribution in [0.5, 0.6) is 5.75 Å². The van der Waals surface area contributed by atoms with Gasteiger partial charge in [0, 0.05) is 10.5 Å². The van der Waals surface area contributed by atoms with Gasteiger partial charge in [-0.3, -0.25) is 4.79 Å². The third-order valence-electron chi connectivity index (χ3n) is 3.13. The highest BCUT2D eigenvalue weighted by Gasteiger charge is 2.19. The van der Waals surface area contributed by atoms with E-state index in [9.17, 15) is 18.4 Å². The minimum Gasteiger partial charge on any atom is -0.497 e. The van der Waals surface area contributed by atoms with E-state index >= 15 is 0 Å². The smallest absolute Gasteiger partial charge is 0.340 e. The molecule has 0 spiro atoms. The third kappa shape index (κ3) is 3.70. The highest BCUT2D eigenvalue weighted by atomic mass is 79.9. The Labute approximate surface area is 144 Å². The van der Waals surface area contributed by atoms with Crippen molar-refractivity contribution in [2.45, 2.75) is 0 Å². The van der Waals surface area contributed by atoms with Crippen LogP contribution in [-0.4, -0.2) is 26.1 Å². The fourth-order valence-corrected chi connectivity index (χ4v) is 2.33. The average molecular weight is 400 g/mol. The summed E-state index contributed by atoms with van der Waals surface area (Å²) in [5.74, 6) is -3.32. The predicted molar refractivity (Wildman–Crippen MR) is 86.3 cm³/mol. The fourth-order valence-electron chi connectivity index (χ4n) is 1.91. The Morgan fingerprint density at radius 1 is 1.04 bits per heavy atom. The Kier molecular flexibility index (Phi) is 5.50. The van der Waals surface area contributed by atoms with E-state index in [1.165, 1.54) is 13.2 Å². The van der Waals surface area contributed by atoms with Gasteiger partial charge in [0.25, 0.3) is 5.91 Å². The van der Waals surface area contributed by atoms with Crippen LogP contribution in [0.1, 0.15) is 20.7 Å². The van der Waals surface area contributed by atoms with E-state index in [0.29, 0.717) is 16.3 Å². The van der Waals surface area contributed by atoms with Crippen LogP contribution in [0, 0.1) is 11.6 Å². The zero-order valence-electron chi connectivity index (χ0n) is 12.7. The highest BCUT2D eigenvalue weighted by Crippen LogP contribution is 2.25. The number of nitrogens with one attached hydrogen (secondary N) is 1. The Balaban J connectivity index is 2.37. The molecule has 0 unspecified atom stereocenters. The molecule has 0 aromatic heterocycles. The van der Waals surface area contributed by atoms with E-state index in [1.54, 1.807) is 12.1 Å². The van der Waals surface area contributed by atoms with Crippen LogP contribution in [0.3, 0.4) is 0 Å². The third-order valence-corrected chi connectivity index (χ3v) is 3.82. The Morgan fingerprint density at radius 2 is 1.75 bits per heavy atom. The van der Waals surface area contributed by atoms with Crippen LogP contribution in [0.15, 0.2) is 34.8 Å². The van der Waals surface area contributed by atoms with Gasteiger partial charge < -0.3 is 14.8 Å². The lowest BCUT2D eigenvalue weighted by atomic mass is 10.1. The van der Waals surface area contributed by atoms with Crippen molar-refractivity contribution in [1.29, 1.82) is 0 Å². The van der Waals surface area contributed by atoms with Gasteiger partial charge in [-0.1, -0.05) is 0 Å². The summed E-state index contributed by atoms with van der Waals surface area (Å²) in [4.78, 5) is 23.8. The molecule has 1 N–H and O–H groups in total. The van der Waals surface area contributed by atoms with Crippen LogP contribution < -0.4 is 10.1 Å². The van der Waals surface area contributed by atoms with E-state index in [-0.39, 0.29) is 11.3 Å². The van der Waals surface area contributed by atoms with Crippen molar-refractivity contribution < 1.29 is 27.8 Å². The van der Waals surface area contributed by atoms with E-state index in [0.717, 1.165) is 13.2 Å². The maximum Gasteiger partial charge on any atom is 0.340 e. The standard InChI is InChI=1S/C16H12BrF2NO4/c1-23-8-3-4-11(17)9(5-8)15(21)20-14-6-10(16(22)24-2)12(18)7-13(14)19/h3-7H,1-2H3,(H,20,21). The number of benzene rings is 2. The van der Waals surface area contributed by atoms with Gasteiger partial charge in [-0.15, -0.1) is 0 Å². The second kappa shape index (κ2) is 7.39. The summed E-state index contributed by atoms with van der Waals surface area (Å²) in [5.41, 5.74) is -0.659. The zero-order chi connectivity index (χ0) is 17.9. The molecule has 0 heterocycles. The first-order valence-electron chi connectivity index (χ1n) is 6.59. The number of methoxy groups -OCH3 is 2. The molecule has 2 aromatic carbocycles. The Morgan fingerprint density at radius 3 is 2.38 bits per heavy atom. The summed E-state index contributed by atoms with van der Waals surface area (Å²) < 4.78 is 37.4. The van der Waals surface area contributed by atoms with Gasteiger partial charge in [-0.25, -0.2) is 13.6 Å². The van der Waals surface area contributed by atoms with Crippen molar-refractivity contribution in [3.63, 3.8) is 0 Å². The molecule has 0 fully saturated rings. The second-order valence-electron chi connectivity index (χ2n) is 4.60. The molecule has 0 saturated carbocycles. The quantitative estimate of drug-likeness (QED) is 0.794. The second-order valence-corrected chi connectivity index (χ2v) is 5.46. The lowest BCUT2D eigenvalue weighted by Crippen LogP contribution is -2.15. The number of amides is 1. The van der Waals surface area contributed by atoms with Crippen molar-refractivity contribution in [3.05, 3.63) is 57.6 Å². The molecule has 0 atom stereocenters. The Hall–Kier alpha value is -2.48. The number of hydrogen-bond acceptors (Lipinski definition) is 4. The fraction of sp³-hybridized carbons (Fsp3) is 0.125. The first-order chi connectivity index (χ1) is 11.4. The molecule has 0 radical (unpaired) electrons. The normalized spacial score (nSPS) is 10.2. The molecular weight excluding hydrogens is 388 g/mol. The summed E-state index contributed by atoms with van der Waals surface area (Å²) in [6.07, 6.45) is 0. The molecule has 126 valence electrons. The number of carbonyl (C=O) groups excluding carboxylic acids is 2. The minimum absolute atomic E-state index is 0.178. The highest BCUT2D eigenvalue weighted by molar-refractivity contribution is 9.10. The van der Waals surface area contributed by atoms with Gasteiger partial charge >= 0.3 is 5.97 Å². The predicted octanol–water partition coefficient (Wildman–Crippen LogP) is 3.77. The molecule has 5 nitrogen and oxygen atoms in total. The molecule has 8 heteroatoms. The maximum absolute atomic E-state index is 13.9. The minimum atomic E-state index is -1.08. The summed E-state index contributed by atoms with van der Waals surface area (Å²) in [6, 6.07) is 6.05.